The second-order valence-electron chi connectivity index (χ2n) is 6.92. The van der Waals surface area contributed by atoms with E-state index in [0.717, 1.165) is 5.92 Å². The Labute approximate surface area is 106 Å². The van der Waals surface area contributed by atoms with Gasteiger partial charge in [-0.3, -0.25) is 0 Å². The van der Waals surface area contributed by atoms with Crippen LogP contribution in [0, 0.1) is 17.3 Å². The second-order valence-corrected chi connectivity index (χ2v) is 6.92. The lowest BCUT2D eigenvalue weighted by molar-refractivity contribution is -0.117. The fourth-order valence-corrected chi connectivity index (χ4v) is 4.50. The van der Waals surface area contributed by atoms with Gasteiger partial charge in [-0.2, -0.15) is 0 Å². The summed E-state index contributed by atoms with van der Waals surface area (Å²) in [5, 5.41) is 14.3. The summed E-state index contributed by atoms with van der Waals surface area (Å²) in [6, 6.07) is 0.937. The molecule has 2 saturated carbocycles. The van der Waals surface area contributed by atoms with E-state index in [1.165, 1.54) is 32.1 Å². The van der Waals surface area contributed by atoms with Crippen molar-refractivity contribution in [1.82, 2.24) is 5.32 Å². The van der Waals surface area contributed by atoms with Crippen molar-refractivity contribution in [2.24, 2.45) is 17.3 Å². The van der Waals surface area contributed by atoms with Crippen LogP contribution in [0.5, 0.6) is 0 Å². The van der Waals surface area contributed by atoms with Gasteiger partial charge in [-0.25, -0.2) is 0 Å². The van der Waals surface area contributed by atoms with E-state index in [9.17, 15) is 5.11 Å². The largest absolute Gasteiger partial charge is 0.392 e. The average molecular weight is 239 g/mol. The number of fused-ring (bicyclic) bond motifs is 2. The summed E-state index contributed by atoms with van der Waals surface area (Å²) in [6.07, 6.45) is 6.10. The molecule has 5 unspecified atom stereocenters. The average Bonchev–Trinajstić information content (AvgIpc) is 2.19. The third kappa shape index (κ3) is 2.39. The molecule has 2 heteroatoms. The summed E-state index contributed by atoms with van der Waals surface area (Å²) in [6.45, 7) is 9.04. The Morgan fingerprint density at radius 1 is 1.29 bits per heavy atom. The van der Waals surface area contributed by atoms with Crippen LogP contribution < -0.4 is 5.32 Å². The molecule has 2 nitrogen and oxygen atoms in total. The zero-order valence-corrected chi connectivity index (χ0v) is 11.9. The van der Waals surface area contributed by atoms with E-state index in [1.807, 2.05) is 0 Å². The second kappa shape index (κ2) is 4.89. The van der Waals surface area contributed by atoms with Gasteiger partial charge >= 0.3 is 0 Å². The standard InChI is InChI=1S/C15H29NO/c1-10(2)16-12(4)15-7-5-6-13(14(15)17)8-11(3)9-15/h10-14,16-17H,5-9H2,1-4H3. The number of aliphatic hydroxyl groups is 1. The molecular weight excluding hydrogens is 210 g/mol. The summed E-state index contributed by atoms with van der Waals surface area (Å²) in [7, 11) is 0. The van der Waals surface area contributed by atoms with Crippen LogP contribution in [0.2, 0.25) is 0 Å². The molecule has 2 fully saturated rings. The van der Waals surface area contributed by atoms with Gasteiger partial charge in [0.05, 0.1) is 6.10 Å². The van der Waals surface area contributed by atoms with Crippen LogP contribution in [-0.4, -0.2) is 23.3 Å². The van der Waals surface area contributed by atoms with Gasteiger partial charge in [-0.05, 0) is 44.4 Å². The minimum absolute atomic E-state index is 0.0753. The highest BCUT2D eigenvalue weighted by Crippen LogP contribution is 2.52. The maximum Gasteiger partial charge on any atom is 0.0639 e. The van der Waals surface area contributed by atoms with Crippen molar-refractivity contribution in [3.8, 4) is 0 Å². The molecule has 0 aromatic heterocycles. The third-order valence-corrected chi connectivity index (χ3v) is 5.13. The van der Waals surface area contributed by atoms with E-state index < -0.39 is 0 Å². The summed E-state index contributed by atoms with van der Waals surface area (Å²) in [5.74, 6) is 1.34. The molecule has 5 atom stereocenters. The van der Waals surface area contributed by atoms with Crippen molar-refractivity contribution < 1.29 is 5.11 Å². The van der Waals surface area contributed by atoms with Gasteiger partial charge < -0.3 is 10.4 Å². The van der Waals surface area contributed by atoms with Crippen LogP contribution in [0.4, 0.5) is 0 Å². The summed E-state index contributed by atoms with van der Waals surface area (Å²) in [4.78, 5) is 0. The van der Waals surface area contributed by atoms with Crippen molar-refractivity contribution in [3.63, 3.8) is 0 Å². The Bertz CT molecular complexity index is 266. The minimum Gasteiger partial charge on any atom is -0.392 e. The lowest BCUT2D eigenvalue weighted by Crippen LogP contribution is -2.59. The minimum atomic E-state index is -0.0753. The predicted molar refractivity (Wildman–Crippen MR) is 71.9 cm³/mol. The highest BCUT2D eigenvalue weighted by atomic mass is 16.3. The fourth-order valence-electron chi connectivity index (χ4n) is 4.50. The van der Waals surface area contributed by atoms with E-state index in [-0.39, 0.29) is 11.5 Å². The number of nitrogens with one attached hydrogen (secondary N) is 1. The first-order valence-corrected chi connectivity index (χ1v) is 7.40. The Kier molecular flexibility index (Phi) is 3.84. The monoisotopic (exact) mass is 239 g/mol. The molecule has 0 aromatic rings. The molecule has 2 bridgehead atoms. The molecule has 0 radical (unpaired) electrons. The summed E-state index contributed by atoms with van der Waals surface area (Å²) in [5.41, 5.74) is 0.144. The molecule has 17 heavy (non-hydrogen) atoms. The van der Waals surface area contributed by atoms with Gasteiger partial charge in [-0.1, -0.05) is 27.2 Å². The maximum absolute atomic E-state index is 10.7. The van der Waals surface area contributed by atoms with Crippen molar-refractivity contribution in [3.05, 3.63) is 0 Å². The normalized spacial score (nSPS) is 43.8. The van der Waals surface area contributed by atoms with Crippen molar-refractivity contribution in [2.75, 3.05) is 0 Å². The summed E-state index contributed by atoms with van der Waals surface area (Å²) >= 11 is 0. The Morgan fingerprint density at radius 2 is 2.00 bits per heavy atom. The smallest absolute Gasteiger partial charge is 0.0639 e. The molecule has 2 rings (SSSR count). The molecule has 2 aliphatic carbocycles. The van der Waals surface area contributed by atoms with Crippen molar-refractivity contribution >= 4 is 0 Å². The zero-order chi connectivity index (χ0) is 12.6. The van der Waals surface area contributed by atoms with E-state index >= 15 is 0 Å². The molecule has 0 amide bonds. The quantitative estimate of drug-likeness (QED) is 0.793. The number of rotatable bonds is 3. The van der Waals surface area contributed by atoms with E-state index in [0.29, 0.717) is 18.0 Å². The van der Waals surface area contributed by atoms with Crippen LogP contribution in [0.25, 0.3) is 0 Å². The van der Waals surface area contributed by atoms with Crippen molar-refractivity contribution in [1.29, 1.82) is 0 Å². The summed E-state index contributed by atoms with van der Waals surface area (Å²) < 4.78 is 0. The maximum atomic E-state index is 10.7. The molecular formula is C15H29NO. The van der Waals surface area contributed by atoms with E-state index in [1.54, 1.807) is 0 Å². The molecule has 0 saturated heterocycles. The molecule has 2 N–H and O–H groups in total. The van der Waals surface area contributed by atoms with Crippen LogP contribution >= 0.6 is 0 Å². The third-order valence-electron chi connectivity index (χ3n) is 5.13. The van der Waals surface area contributed by atoms with E-state index in [4.69, 9.17) is 0 Å². The lowest BCUT2D eigenvalue weighted by Gasteiger charge is -2.55. The van der Waals surface area contributed by atoms with Crippen LogP contribution in [0.15, 0.2) is 0 Å². The zero-order valence-electron chi connectivity index (χ0n) is 11.9. The molecule has 2 aliphatic rings. The Balaban J connectivity index is 2.18. The molecule has 0 heterocycles. The van der Waals surface area contributed by atoms with Gasteiger partial charge in [-0.15, -0.1) is 0 Å². The Hall–Kier alpha value is -0.0800. The molecule has 100 valence electrons. The number of hydrogen-bond acceptors (Lipinski definition) is 2. The van der Waals surface area contributed by atoms with Gasteiger partial charge in [0, 0.05) is 17.5 Å². The first-order chi connectivity index (χ1) is 7.95. The SMILES string of the molecule is CC1CC2CCCC(C(C)NC(C)C)(C1)C2O. The molecule has 0 spiro atoms. The van der Waals surface area contributed by atoms with Gasteiger partial charge in [0.2, 0.25) is 0 Å². The molecule has 0 aliphatic heterocycles. The van der Waals surface area contributed by atoms with Gasteiger partial charge in [0.1, 0.15) is 0 Å². The van der Waals surface area contributed by atoms with Gasteiger partial charge in [0.25, 0.3) is 0 Å². The van der Waals surface area contributed by atoms with Gasteiger partial charge in [0.15, 0.2) is 0 Å². The number of aliphatic hydroxyl groups excluding tert-OH is 1. The highest BCUT2D eigenvalue weighted by Gasteiger charge is 2.51. The number of hydrogen-bond donors (Lipinski definition) is 2. The van der Waals surface area contributed by atoms with Crippen molar-refractivity contribution in [2.45, 2.75) is 78.0 Å². The first kappa shape index (κ1) is 13.4. The fraction of sp³-hybridized carbons (Fsp3) is 1.00. The molecule has 0 aromatic carbocycles. The topological polar surface area (TPSA) is 32.3 Å². The Morgan fingerprint density at radius 3 is 2.65 bits per heavy atom. The van der Waals surface area contributed by atoms with E-state index in [2.05, 4.69) is 33.0 Å². The lowest BCUT2D eigenvalue weighted by atomic mass is 9.54. The highest BCUT2D eigenvalue weighted by molar-refractivity contribution is 5.04. The van der Waals surface area contributed by atoms with Crippen LogP contribution in [0.1, 0.15) is 59.8 Å². The predicted octanol–water partition coefficient (Wildman–Crippen LogP) is 2.95. The van der Waals surface area contributed by atoms with Crippen LogP contribution in [-0.2, 0) is 0 Å². The first-order valence-electron chi connectivity index (χ1n) is 7.40. The van der Waals surface area contributed by atoms with Crippen LogP contribution in [0.3, 0.4) is 0 Å².